The van der Waals surface area contributed by atoms with Crippen LogP contribution in [0.15, 0.2) is 6.07 Å². The van der Waals surface area contributed by atoms with Gasteiger partial charge in [0, 0.05) is 18.2 Å². The van der Waals surface area contributed by atoms with Crippen LogP contribution >= 0.6 is 0 Å². The molecule has 0 aliphatic heterocycles. The molecule has 0 aromatic carbocycles. The standard InChI is InChI=1S/C13H21F3N4O/c1-6-17-11-18-9(13(14,15)16)7-10(19-11)21-8-12(2,3)20(4)5/h7H,6,8H2,1-5H3,(H,17,18,19). The molecule has 0 saturated carbocycles. The lowest BCUT2D eigenvalue weighted by Crippen LogP contribution is -2.43. The third-order valence-corrected chi connectivity index (χ3v) is 3.11. The highest BCUT2D eigenvalue weighted by atomic mass is 19.4. The number of halogens is 3. The van der Waals surface area contributed by atoms with Gasteiger partial charge in [0.2, 0.25) is 11.8 Å². The molecule has 1 rings (SSSR count). The molecule has 0 bridgehead atoms. The van der Waals surface area contributed by atoms with Gasteiger partial charge in [0.15, 0.2) is 5.69 Å². The van der Waals surface area contributed by atoms with Crippen molar-refractivity contribution >= 4 is 5.95 Å². The minimum atomic E-state index is -4.54. The molecule has 0 radical (unpaired) electrons. The van der Waals surface area contributed by atoms with Gasteiger partial charge < -0.3 is 15.0 Å². The number of anilines is 1. The van der Waals surface area contributed by atoms with Crippen LogP contribution in [0.3, 0.4) is 0 Å². The lowest BCUT2D eigenvalue weighted by Gasteiger charge is -2.31. The predicted molar refractivity (Wildman–Crippen MR) is 74.5 cm³/mol. The lowest BCUT2D eigenvalue weighted by molar-refractivity contribution is -0.141. The van der Waals surface area contributed by atoms with Crippen LogP contribution in [0.4, 0.5) is 19.1 Å². The molecule has 0 fully saturated rings. The van der Waals surface area contributed by atoms with E-state index in [2.05, 4.69) is 15.3 Å². The molecule has 21 heavy (non-hydrogen) atoms. The summed E-state index contributed by atoms with van der Waals surface area (Å²) in [6.45, 7) is 6.22. The van der Waals surface area contributed by atoms with E-state index in [9.17, 15) is 13.2 Å². The first-order chi connectivity index (χ1) is 9.56. The maximum Gasteiger partial charge on any atom is 0.433 e. The number of alkyl halides is 3. The fourth-order valence-electron chi connectivity index (χ4n) is 1.26. The summed E-state index contributed by atoms with van der Waals surface area (Å²) in [5.74, 6) is -0.187. The van der Waals surface area contributed by atoms with Crippen molar-refractivity contribution in [3.63, 3.8) is 0 Å². The minimum Gasteiger partial charge on any atom is -0.476 e. The van der Waals surface area contributed by atoms with Gasteiger partial charge in [-0.1, -0.05) is 0 Å². The Morgan fingerprint density at radius 1 is 1.24 bits per heavy atom. The van der Waals surface area contributed by atoms with Gasteiger partial charge in [-0.2, -0.15) is 18.2 Å². The smallest absolute Gasteiger partial charge is 0.433 e. The summed E-state index contributed by atoms with van der Waals surface area (Å²) in [7, 11) is 3.74. The van der Waals surface area contributed by atoms with Crippen LogP contribution in [-0.4, -0.2) is 47.7 Å². The second kappa shape index (κ2) is 6.46. The molecule has 0 aliphatic rings. The molecule has 0 aliphatic carbocycles. The Kier molecular flexibility index (Phi) is 5.38. The lowest BCUT2D eigenvalue weighted by atomic mass is 10.1. The maximum atomic E-state index is 12.8. The number of nitrogens with zero attached hydrogens (tertiary/aromatic N) is 3. The summed E-state index contributed by atoms with van der Waals surface area (Å²) in [4.78, 5) is 9.29. The molecule has 0 atom stereocenters. The van der Waals surface area contributed by atoms with Crippen molar-refractivity contribution in [2.24, 2.45) is 0 Å². The molecule has 1 aromatic rings. The molecule has 1 heterocycles. The van der Waals surface area contributed by atoms with E-state index in [0.717, 1.165) is 6.07 Å². The molecule has 0 unspecified atom stereocenters. The van der Waals surface area contributed by atoms with Crippen LogP contribution in [-0.2, 0) is 6.18 Å². The molecule has 8 heteroatoms. The highest BCUT2D eigenvalue weighted by Gasteiger charge is 2.34. The summed E-state index contributed by atoms with van der Waals surface area (Å²) in [5.41, 5.74) is -1.35. The average molecular weight is 306 g/mol. The fraction of sp³-hybridized carbons (Fsp3) is 0.692. The SMILES string of the molecule is CCNc1nc(OCC(C)(C)N(C)C)cc(C(F)(F)F)n1. The zero-order valence-electron chi connectivity index (χ0n) is 12.9. The van der Waals surface area contributed by atoms with E-state index in [-0.39, 0.29) is 24.0 Å². The van der Waals surface area contributed by atoms with Crippen LogP contribution in [0.2, 0.25) is 0 Å². The summed E-state index contributed by atoms with van der Waals surface area (Å²) in [5, 5.41) is 2.67. The van der Waals surface area contributed by atoms with E-state index in [1.54, 1.807) is 6.92 Å². The van der Waals surface area contributed by atoms with Gasteiger partial charge >= 0.3 is 6.18 Å². The Hall–Kier alpha value is -1.57. The topological polar surface area (TPSA) is 50.3 Å². The van der Waals surface area contributed by atoms with Gasteiger partial charge in [-0.25, -0.2) is 4.98 Å². The van der Waals surface area contributed by atoms with Gasteiger partial charge in [-0.15, -0.1) is 0 Å². The van der Waals surface area contributed by atoms with Crippen molar-refractivity contribution < 1.29 is 17.9 Å². The molecule has 1 N–H and O–H groups in total. The van der Waals surface area contributed by atoms with E-state index >= 15 is 0 Å². The molecule has 5 nitrogen and oxygen atoms in total. The maximum absolute atomic E-state index is 12.8. The van der Waals surface area contributed by atoms with Crippen LogP contribution < -0.4 is 10.1 Å². The van der Waals surface area contributed by atoms with E-state index in [0.29, 0.717) is 6.54 Å². The van der Waals surface area contributed by atoms with E-state index in [1.165, 1.54) is 0 Å². The zero-order chi connectivity index (χ0) is 16.3. The minimum absolute atomic E-state index is 0.0926. The predicted octanol–water partition coefficient (Wildman–Crippen LogP) is 2.65. The Balaban J connectivity index is 2.98. The monoisotopic (exact) mass is 306 g/mol. The van der Waals surface area contributed by atoms with E-state index < -0.39 is 11.9 Å². The molecule has 0 saturated heterocycles. The van der Waals surface area contributed by atoms with Crippen LogP contribution in [0, 0.1) is 0 Å². The number of likely N-dealkylation sites (N-methyl/N-ethyl adjacent to an activating group) is 1. The number of hydrogen-bond donors (Lipinski definition) is 1. The van der Waals surface area contributed by atoms with Crippen molar-refractivity contribution in [2.45, 2.75) is 32.5 Å². The van der Waals surface area contributed by atoms with Gasteiger partial charge in [0.25, 0.3) is 0 Å². The van der Waals surface area contributed by atoms with E-state index in [4.69, 9.17) is 4.74 Å². The second-order valence-corrected chi connectivity index (χ2v) is 5.44. The Bertz CT molecular complexity index is 475. The summed E-state index contributed by atoms with van der Waals surface area (Å²) in [6, 6.07) is 0.812. The molecule has 120 valence electrons. The number of ether oxygens (including phenoxy) is 1. The van der Waals surface area contributed by atoms with E-state index in [1.807, 2.05) is 32.8 Å². The summed E-state index contributed by atoms with van der Waals surface area (Å²) < 4.78 is 43.8. The highest BCUT2D eigenvalue weighted by molar-refractivity contribution is 5.31. The van der Waals surface area contributed by atoms with Crippen molar-refractivity contribution in [2.75, 3.05) is 32.6 Å². The van der Waals surface area contributed by atoms with Crippen LogP contribution in [0.25, 0.3) is 0 Å². The molecule has 0 spiro atoms. The number of aromatic nitrogens is 2. The molecule has 1 aromatic heterocycles. The summed E-state index contributed by atoms with van der Waals surface area (Å²) >= 11 is 0. The number of rotatable bonds is 6. The Morgan fingerprint density at radius 2 is 1.86 bits per heavy atom. The van der Waals surface area contributed by atoms with Gasteiger partial charge in [-0.3, -0.25) is 0 Å². The number of nitrogens with one attached hydrogen (secondary N) is 1. The van der Waals surface area contributed by atoms with Crippen molar-refractivity contribution in [3.05, 3.63) is 11.8 Å². The number of hydrogen-bond acceptors (Lipinski definition) is 5. The van der Waals surface area contributed by atoms with Crippen LogP contribution in [0.1, 0.15) is 26.5 Å². The molecule has 0 amide bonds. The van der Waals surface area contributed by atoms with Gasteiger partial charge in [0.1, 0.15) is 6.61 Å². The van der Waals surface area contributed by atoms with Gasteiger partial charge in [0.05, 0.1) is 0 Å². The Morgan fingerprint density at radius 3 is 2.33 bits per heavy atom. The second-order valence-electron chi connectivity index (χ2n) is 5.44. The average Bonchev–Trinajstić information content (AvgIpc) is 2.35. The molecular formula is C13H21F3N4O. The van der Waals surface area contributed by atoms with Gasteiger partial charge in [-0.05, 0) is 34.9 Å². The summed E-state index contributed by atoms with van der Waals surface area (Å²) in [6.07, 6.45) is -4.54. The largest absolute Gasteiger partial charge is 0.476 e. The third-order valence-electron chi connectivity index (χ3n) is 3.11. The third kappa shape index (κ3) is 5.04. The zero-order valence-corrected chi connectivity index (χ0v) is 12.9. The van der Waals surface area contributed by atoms with Crippen molar-refractivity contribution in [3.8, 4) is 5.88 Å². The fourth-order valence-corrected chi connectivity index (χ4v) is 1.26. The first-order valence-electron chi connectivity index (χ1n) is 6.56. The van der Waals surface area contributed by atoms with Crippen LogP contribution in [0.5, 0.6) is 5.88 Å². The highest BCUT2D eigenvalue weighted by Crippen LogP contribution is 2.30. The van der Waals surface area contributed by atoms with Crippen molar-refractivity contribution in [1.82, 2.24) is 14.9 Å². The van der Waals surface area contributed by atoms with Crippen molar-refractivity contribution in [1.29, 1.82) is 0 Å². The first kappa shape index (κ1) is 17.5. The molecular weight excluding hydrogens is 285 g/mol. The first-order valence-corrected chi connectivity index (χ1v) is 6.56. The quantitative estimate of drug-likeness (QED) is 0.875. The Labute approximate surface area is 122 Å². The normalized spacial score (nSPS) is 12.6.